The van der Waals surface area contributed by atoms with Gasteiger partial charge in [-0.2, -0.15) is 0 Å². The van der Waals surface area contributed by atoms with Crippen LogP contribution in [0.1, 0.15) is 19.3 Å². The molecule has 7 heteroatoms. The van der Waals surface area contributed by atoms with Crippen LogP contribution in [0.3, 0.4) is 0 Å². The number of hydrogen-bond acceptors (Lipinski definition) is 3. The molecule has 1 aliphatic rings. The minimum atomic E-state index is -0.507. The summed E-state index contributed by atoms with van der Waals surface area (Å²) in [6.45, 7) is 0.554. The van der Waals surface area contributed by atoms with Gasteiger partial charge in [0.05, 0.1) is 0 Å². The van der Waals surface area contributed by atoms with E-state index in [-0.39, 0.29) is 23.9 Å². The van der Waals surface area contributed by atoms with Gasteiger partial charge in [-0.05, 0) is 41.3 Å². The van der Waals surface area contributed by atoms with Crippen molar-refractivity contribution in [2.45, 2.75) is 31.8 Å². The Hall–Kier alpha value is -1.63. The lowest BCUT2D eigenvalue weighted by Crippen LogP contribution is -2.47. The van der Waals surface area contributed by atoms with Crippen molar-refractivity contribution >= 4 is 27.7 Å². The standard InChI is InChI=1S/C13H16BrN3O3/c14-9-4-5-12(19)17(7-9)8-11(18)16-10-3-1-2-6-15-13(10)20/h4-5,7,10H,1-3,6,8H2,(H,15,20)(H,16,18)/t10-/m0/s1. The van der Waals surface area contributed by atoms with Crippen LogP contribution in [-0.4, -0.2) is 29.0 Å². The fraction of sp³-hybridized carbons (Fsp3) is 0.462. The molecule has 2 amide bonds. The number of nitrogens with one attached hydrogen (secondary N) is 2. The predicted octanol–water partition coefficient (Wildman–Crippen LogP) is 0.396. The Morgan fingerprint density at radius 1 is 1.40 bits per heavy atom. The van der Waals surface area contributed by atoms with Crippen LogP contribution < -0.4 is 16.2 Å². The Kier molecular flexibility index (Phi) is 4.94. The number of aromatic nitrogens is 1. The molecular weight excluding hydrogens is 326 g/mol. The van der Waals surface area contributed by atoms with Gasteiger partial charge in [-0.15, -0.1) is 0 Å². The normalized spacial score (nSPS) is 19.1. The van der Waals surface area contributed by atoms with Crippen LogP contribution in [0.4, 0.5) is 0 Å². The van der Waals surface area contributed by atoms with Gasteiger partial charge in [-0.1, -0.05) is 0 Å². The van der Waals surface area contributed by atoms with Crippen LogP contribution in [0.15, 0.2) is 27.6 Å². The highest BCUT2D eigenvalue weighted by molar-refractivity contribution is 9.10. The number of hydrogen-bond donors (Lipinski definition) is 2. The zero-order valence-electron chi connectivity index (χ0n) is 10.9. The third-order valence-corrected chi connectivity index (χ3v) is 3.60. The summed E-state index contributed by atoms with van der Waals surface area (Å²) in [5, 5.41) is 5.43. The molecule has 0 aromatic carbocycles. The summed E-state index contributed by atoms with van der Waals surface area (Å²) in [5.41, 5.74) is -0.256. The molecule has 108 valence electrons. The van der Waals surface area contributed by atoms with Gasteiger partial charge in [-0.3, -0.25) is 14.4 Å². The number of carbonyl (C=O) groups excluding carboxylic acids is 2. The first-order chi connectivity index (χ1) is 9.56. The highest BCUT2D eigenvalue weighted by atomic mass is 79.9. The summed E-state index contributed by atoms with van der Waals surface area (Å²) < 4.78 is 2.02. The van der Waals surface area contributed by atoms with Gasteiger partial charge in [0.15, 0.2) is 0 Å². The maximum absolute atomic E-state index is 11.9. The Morgan fingerprint density at radius 3 is 3.00 bits per heavy atom. The van der Waals surface area contributed by atoms with E-state index in [0.29, 0.717) is 13.0 Å². The first kappa shape index (κ1) is 14.8. The highest BCUT2D eigenvalue weighted by Crippen LogP contribution is 2.06. The van der Waals surface area contributed by atoms with Gasteiger partial charge in [0.25, 0.3) is 5.56 Å². The van der Waals surface area contributed by atoms with Crippen molar-refractivity contribution in [1.29, 1.82) is 0 Å². The lowest BCUT2D eigenvalue weighted by molar-refractivity contribution is -0.129. The van der Waals surface area contributed by atoms with E-state index < -0.39 is 6.04 Å². The van der Waals surface area contributed by atoms with Gasteiger partial charge in [0, 0.05) is 23.3 Å². The quantitative estimate of drug-likeness (QED) is 0.834. The largest absolute Gasteiger partial charge is 0.354 e. The fourth-order valence-electron chi connectivity index (χ4n) is 2.10. The van der Waals surface area contributed by atoms with E-state index in [0.717, 1.165) is 17.3 Å². The minimum Gasteiger partial charge on any atom is -0.354 e. The zero-order valence-corrected chi connectivity index (χ0v) is 12.5. The minimum absolute atomic E-state index is 0.0952. The smallest absolute Gasteiger partial charge is 0.251 e. The zero-order chi connectivity index (χ0) is 14.5. The van der Waals surface area contributed by atoms with Crippen LogP contribution >= 0.6 is 15.9 Å². The predicted molar refractivity (Wildman–Crippen MR) is 77.2 cm³/mol. The lowest BCUT2D eigenvalue weighted by atomic mass is 10.1. The van der Waals surface area contributed by atoms with E-state index >= 15 is 0 Å². The molecule has 1 aromatic rings. The number of pyridine rings is 1. The highest BCUT2D eigenvalue weighted by Gasteiger charge is 2.22. The maximum Gasteiger partial charge on any atom is 0.251 e. The average molecular weight is 342 g/mol. The molecule has 20 heavy (non-hydrogen) atoms. The van der Waals surface area contributed by atoms with Gasteiger partial charge in [-0.25, -0.2) is 0 Å². The molecule has 0 radical (unpaired) electrons. The average Bonchev–Trinajstić information content (AvgIpc) is 2.59. The molecule has 1 aliphatic heterocycles. The molecule has 1 aromatic heterocycles. The van der Waals surface area contributed by atoms with Crippen molar-refractivity contribution in [2.24, 2.45) is 0 Å². The Balaban J connectivity index is 1.99. The molecule has 1 atom stereocenters. The molecule has 0 aliphatic carbocycles. The van der Waals surface area contributed by atoms with Crippen molar-refractivity contribution in [2.75, 3.05) is 6.54 Å². The number of carbonyl (C=O) groups is 2. The van der Waals surface area contributed by atoms with E-state index in [1.165, 1.54) is 10.6 Å². The molecule has 1 saturated heterocycles. The number of amides is 2. The molecule has 2 N–H and O–H groups in total. The number of rotatable bonds is 3. The van der Waals surface area contributed by atoms with E-state index in [9.17, 15) is 14.4 Å². The van der Waals surface area contributed by atoms with Gasteiger partial charge < -0.3 is 15.2 Å². The first-order valence-electron chi connectivity index (χ1n) is 6.49. The van der Waals surface area contributed by atoms with Crippen LogP contribution in [0.2, 0.25) is 0 Å². The molecule has 1 fully saturated rings. The summed E-state index contributed by atoms with van der Waals surface area (Å²) in [4.78, 5) is 35.3. The number of nitrogens with zero attached hydrogens (tertiary/aromatic N) is 1. The molecular formula is C13H16BrN3O3. The molecule has 0 saturated carbocycles. The third kappa shape index (κ3) is 3.93. The van der Waals surface area contributed by atoms with Crippen molar-refractivity contribution in [1.82, 2.24) is 15.2 Å². The maximum atomic E-state index is 11.9. The molecule has 0 spiro atoms. The van der Waals surface area contributed by atoms with Crippen LogP contribution in [0, 0.1) is 0 Å². The summed E-state index contributed by atoms with van der Waals surface area (Å²) in [5.74, 6) is -0.496. The first-order valence-corrected chi connectivity index (χ1v) is 7.28. The van der Waals surface area contributed by atoms with Crippen molar-refractivity contribution < 1.29 is 9.59 Å². The Morgan fingerprint density at radius 2 is 2.20 bits per heavy atom. The topological polar surface area (TPSA) is 80.2 Å². The van der Waals surface area contributed by atoms with E-state index in [1.54, 1.807) is 12.3 Å². The monoisotopic (exact) mass is 341 g/mol. The molecule has 0 unspecified atom stereocenters. The third-order valence-electron chi connectivity index (χ3n) is 3.13. The van der Waals surface area contributed by atoms with Gasteiger partial charge in [0.2, 0.25) is 11.8 Å². The van der Waals surface area contributed by atoms with Crippen molar-refractivity contribution in [3.8, 4) is 0 Å². The SMILES string of the molecule is O=C(Cn1cc(Br)ccc1=O)N[C@H]1CCCCNC1=O. The molecule has 0 bridgehead atoms. The summed E-state index contributed by atoms with van der Waals surface area (Å²) in [7, 11) is 0. The van der Waals surface area contributed by atoms with E-state index in [4.69, 9.17) is 0 Å². The summed E-state index contributed by atoms with van der Waals surface area (Å²) >= 11 is 3.25. The second-order valence-electron chi connectivity index (χ2n) is 4.72. The van der Waals surface area contributed by atoms with Crippen molar-refractivity contribution in [3.05, 3.63) is 33.2 Å². The summed E-state index contributed by atoms with van der Waals surface area (Å²) in [6, 6.07) is 2.50. The molecule has 2 heterocycles. The Bertz CT molecular complexity index is 570. The van der Waals surface area contributed by atoms with Crippen LogP contribution in [0.5, 0.6) is 0 Å². The van der Waals surface area contributed by atoms with Crippen LogP contribution in [-0.2, 0) is 16.1 Å². The number of halogens is 1. The van der Waals surface area contributed by atoms with Gasteiger partial charge in [0.1, 0.15) is 12.6 Å². The fourth-order valence-corrected chi connectivity index (χ4v) is 2.48. The second kappa shape index (κ2) is 6.69. The van der Waals surface area contributed by atoms with Crippen LogP contribution in [0.25, 0.3) is 0 Å². The van der Waals surface area contributed by atoms with Crippen molar-refractivity contribution in [3.63, 3.8) is 0 Å². The second-order valence-corrected chi connectivity index (χ2v) is 5.64. The molecule has 2 rings (SSSR count). The lowest BCUT2D eigenvalue weighted by Gasteiger charge is -2.15. The Labute approximate surface area is 124 Å². The van der Waals surface area contributed by atoms with Gasteiger partial charge >= 0.3 is 0 Å². The van der Waals surface area contributed by atoms with E-state index in [1.807, 2.05) is 0 Å². The van der Waals surface area contributed by atoms with E-state index in [2.05, 4.69) is 26.6 Å². The summed E-state index contributed by atoms with van der Waals surface area (Å²) in [6.07, 6.45) is 3.99. The molecule has 6 nitrogen and oxygen atoms in total.